The van der Waals surface area contributed by atoms with Gasteiger partial charge in [0.2, 0.25) is 5.28 Å². The molecule has 1 atom stereocenters. The normalized spacial score (nSPS) is 13.9. The second-order valence-corrected chi connectivity index (χ2v) is 4.67. The van der Waals surface area contributed by atoms with Crippen LogP contribution in [-0.2, 0) is 5.60 Å². The van der Waals surface area contributed by atoms with Crippen LogP contribution in [0.3, 0.4) is 0 Å². The summed E-state index contributed by atoms with van der Waals surface area (Å²) in [5.74, 6) is -0.649. The van der Waals surface area contributed by atoms with Crippen LogP contribution < -0.4 is 5.32 Å². The highest BCUT2D eigenvalue weighted by Crippen LogP contribution is 2.21. The maximum atomic E-state index is 13.4. The fraction of sp³-hybridized carbons (Fsp3) is 0.231. The Kier molecular flexibility index (Phi) is 3.97. The second kappa shape index (κ2) is 5.50. The quantitative estimate of drug-likeness (QED) is 0.846. The van der Waals surface area contributed by atoms with Crippen LogP contribution in [-0.4, -0.2) is 21.6 Å². The number of halogens is 2. The van der Waals surface area contributed by atoms with Crippen molar-refractivity contribution in [3.05, 3.63) is 53.2 Å². The van der Waals surface area contributed by atoms with E-state index in [9.17, 15) is 9.50 Å². The molecular weight excluding hydrogens is 269 g/mol. The Balaban J connectivity index is 2.12. The van der Waals surface area contributed by atoms with Gasteiger partial charge in [-0.05, 0) is 24.1 Å². The van der Waals surface area contributed by atoms with Crippen molar-refractivity contribution in [3.63, 3.8) is 0 Å². The van der Waals surface area contributed by atoms with Gasteiger partial charge in [-0.1, -0.05) is 30.3 Å². The van der Waals surface area contributed by atoms with Gasteiger partial charge in [0.15, 0.2) is 11.6 Å². The molecule has 0 aliphatic carbocycles. The summed E-state index contributed by atoms with van der Waals surface area (Å²) < 4.78 is 13.4. The summed E-state index contributed by atoms with van der Waals surface area (Å²) in [6, 6.07) is 9.10. The Morgan fingerprint density at radius 1 is 1.37 bits per heavy atom. The molecule has 1 aromatic carbocycles. The standard InChI is InChI=1S/C13H13ClFN3O/c1-13(19,9-5-3-2-4-6-9)8-17-11-10(15)7-16-12(14)18-11/h2-7,19H,8H2,1H3,(H,16,17,18)/t13-/m0/s1. The van der Waals surface area contributed by atoms with Gasteiger partial charge in [0, 0.05) is 6.54 Å². The molecule has 1 heterocycles. The average Bonchev–Trinajstić information content (AvgIpc) is 2.41. The van der Waals surface area contributed by atoms with E-state index in [0.717, 1.165) is 11.8 Å². The van der Waals surface area contributed by atoms with Crippen LogP contribution >= 0.6 is 11.6 Å². The van der Waals surface area contributed by atoms with Crippen LogP contribution in [0.4, 0.5) is 10.2 Å². The van der Waals surface area contributed by atoms with Gasteiger partial charge >= 0.3 is 0 Å². The number of benzene rings is 1. The van der Waals surface area contributed by atoms with E-state index in [4.69, 9.17) is 11.6 Å². The molecule has 0 fully saturated rings. The molecule has 4 nitrogen and oxygen atoms in total. The van der Waals surface area contributed by atoms with Crippen molar-refractivity contribution in [2.45, 2.75) is 12.5 Å². The lowest BCUT2D eigenvalue weighted by Crippen LogP contribution is -2.31. The number of rotatable bonds is 4. The minimum Gasteiger partial charge on any atom is -0.384 e. The van der Waals surface area contributed by atoms with Gasteiger partial charge in [0.05, 0.1) is 6.20 Å². The van der Waals surface area contributed by atoms with Crippen LogP contribution in [0.2, 0.25) is 5.28 Å². The predicted molar refractivity (Wildman–Crippen MR) is 71.5 cm³/mol. The Hall–Kier alpha value is -1.72. The number of aliphatic hydroxyl groups is 1. The molecule has 0 aliphatic rings. The largest absolute Gasteiger partial charge is 0.384 e. The molecule has 0 aliphatic heterocycles. The first-order chi connectivity index (χ1) is 8.99. The van der Waals surface area contributed by atoms with Gasteiger partial charge in [-0.2, -0.15) is 4.98 Å². The molecule has 2 N–H and O–H groups in total. The zero-order chi connectivity index (χ0) is 13.9. The zero-order valence-electron chi connectivity index (χ0n) is 10.3. The monoisotopic (exact) mass is 281 g/mol. The molecule has 0 bridgehead atoms. The average molecular weight is 282 g/mol. The highest BCUT2D eigenvalue weighted by Gasteiger charge is 2.23. The fourth-order valence-corrected chi connectivity index (χ4v) is 1.76. The number of nitrogens with zero attached hydrogens (tertiary/aromatic N) is 2. The fourth-order valence-electron chi connectivity index (χ4n) is 1.62. The van der Waals surface area contributed by atoms with E-state index in [0.29, 0.717) is 0 Å². The summed E-state index contributed by atoms with van der Waals surface area (Å²) in [6.07, 6.45) is 0.981. The number of nitrogens with one attached hydrogen (secondary N) is 1. The van der Waals surface area contributed by atoms with E-state index >= 15 is 0 Å². The van der Waals surface area contributed by atoms with Crippen molar-refractivity contribution in [3.8, 4) is 0 Å². The number of hydrogen-bond donors (Lipinski definition) is 2. The maximum absolute atomic E-state index is 13.4. The van der Waals surface area contributed by atoms with Gasteiger partial charge in [-0.3, -0.25) is 0 Å². The highest BCUT2D eigenvalue weighted by atomic mass is 35.5. The molecule has 0 radical (unpaired) electrons. The SMILES string of the molecule is C[C@](O)(CNc1nc(Cl)ncc1F)c1ccccc1. The molecule has 0 saturated heterocycles. The van der Waals surface area contributed by atoms with Gasteiger partial charge < -0.3 is 10.4 Å². The second-order valence-electron chi connectivity index (χ2n) is 4.33. The number of anilines is 1. The Morgan fingerprint density at radius 2 is 2.05 bits per heavy atom. The first kappa shape index (κ1) is 13.7. The predicted octanol–water partition coefficient (Wildman–Crippen LogP) is 2.59. The summed E-state index contributed by atoms with van der Waals surface area (Å²) in [4.78, 5) is 7.25. The van der Waals surface area contributed by atoms with E-state index in [1.54, 1.807) is 19.1 Å². The maximum Gasteiger partial charge on any atom is 0.224 e. The molecule has 19 heavy (non-hydrogen) atoms. The summed E-state index contributed by atoms with van der Waals surface area (Å²) >= 11 is 5.59. The third-order valence-corrected chi connectivity index (χ3v) is 2.89. The van der Waals surface area contributed by atoms with Crippen molar-refractivity contribution < 1.29 is 9.50 Å². The molecular formula is C13H13ClFN3O. The summed E-state index contributed by atoms with van der Waals surface area (Å²) in [7, 11) is 0. The van der Waals surface area contributed by atoms with Crippen LogP contribution in [0.25, 0.3) is 0 Å². The lowest BCUT2D eigenvalue weighted by Gasteiger charge is -2.24. The van der Waals surface area contributed by atoms with Crippen LogP contribution in [0, 0.1) is 5.82 Å². The van der Waals surface area contributed by atoms with E-state index in [2.05, 4.69) is 15.3 Å². The van der Waals surface area contributed by atoms with Gasteiger partial charge in [0.25, 0.3) is 0 Å². The third kappa shape index (κ3) is 3.39. The van der Waals surface area contributed by atoms with Crippen molar-refractivity contribution in [1.29, 1.82) is 0 Å². The van der Waals surface area contributed by atoms with E-state index in [1.165, 1.54) is 0 Å². The lowest BCUT2D eigenvalue weighted by molar-refractivity contribution is 0.0714. The summed E-state index contributed by atoms with van der Waals surface area (Å²) in [6.45, 7) is 1.73. The van der Waals surface area contributed by atoms with E-state index in [1.807, 2.05) is 18.2 Å². The lowest BCUT2D eigenvalue weighted by atomic mass is 9.96. The Bertz CT molecular complexity index is 563. The van der Waals surface area contributed by atoms with Gasteiger partial charge in [0.1, 0.15) is 5.60 Å². The molecule has 0 amide bonds. The molecule has 0 spiro atoms. The molecule has 0 unspecified atom stereocenters. The Labute approximate surface area is 115 Å². The summed E-state index contributed by atoms with van der Waals surface area (Å²) in [5, 5.41) is 13.0. The van der Waals surface area contributed by atoms with Crippen molar-refractivity contribution in [1.82, 2.24) is 9.97 Å². The number of aromatic nitrogens is 2. The Morgan fingerprint density at radius 3 is 2.74 bits per heavy atom. The van der Waals surface area contributed by atoms with Gasteiger partial charge in [-0.15, -0.1) is 0 Å². The van der Waals surface area contributed by atoms with Crippen molar-refractivity contribution in [2.75, 3.05) is 11.9 Å². The first-order valence-electron chi connectivity index (χ1n) is 5.69. The molecule has 2 aromatic rings. The smallest absolute Gasteiger partial charge is 0.224 e. The van der Waals surface area contributed by atoms with Crippen molar-refractivity contribution >= 4 is 17.4 Å². The topological polar surface area (TPSA) is 58.0 Å². The van der Waals surface area contributed by atoms with Crippen LogP contribution in [0.1, 0.15) is 12.5 Å². The molecule has 100 valence electrons. The molecule has 6 heteroatoms. The minimum atomic E-state index is -1.15. The molecule has 1 aromatic heterocycles. The highest BCUT2D eigenvalue weighted by molar-refractivity contribution is 6.28. The van der Waals surface area contributed by atoms with Crippen molar-refractivity contribution in [2.24, 2.45) is 0 Å². The van der Waals surface area contributed by atoms with Crippen LogP contribution in [0.5, 0.6) is 0 Å². The summed E-state index contributed by atoms with van der Waals surface area (Å²) in [5.41, 5.74) is -0.423. The van der Waals surface area contributed by atoms with E-state index < -0.39 is 11.4 Å². The molecule has 0 saturated carbocycles. The van der Waals surface area contributed by atoms with Gasteiger partial charge in [-0.25, -0.2) is 9.37 Å². The minimum absolute atomic E-state index is 0.0313. The first-order valence-corrected chi connectivity index (χ1v) is 6.07. The van der Waals surface area contributed by atoms with E-state index in [-0.39, 0.29) is 17.6 Å². The molecule has 2 rings (SSSR count). The van der Waals surface area contributed by atoms with Crippen LogP contribution in [0.15, 0.2) is 36.5 Å². The third-order valence-electron chi connectivity index (χ3n) is 2.71. The number of hydrogen-bond acceptors (Lipinski definition) is 4. The zero-order valence-corrected chi connectivity index (χ0v) is 11.0.